The van der Waals surface area contributed by atoms with Crippen molar-refractivity contribution in [2.24, 2.45) is 0 Å². The number of hydrogen-bond acceptors (Lipinski definition) is 4. The van der Waals surface area contributed by atoms with Crippen LogP contribution in [0.3, 0.4) is 0 Å². The highest BCUT2D eigenvalue weighted by Gasteiger charge is 2.35. The lowest BCUT2D eigenvalue weighted by atomic mass is 10.1. The second-order valence-corrected chi connectivity index (χ2v) is 10.6. The molecule has 0 aliphatic carbocycles. The molecule has 6 nitrogen and oxygen atoms in total. The van der Waals surface area contributed by atoms with Crippen molar-refractivity contribution < 1.29 is 16.8 Å². The van der Waals surface area contributed by atoms with Gasteiger partial charge in [-0.3, -0.25) is 4.31 Å². The largest absolute Gasteiger partial charge is 0.265 e. The zero-order valence-electron chi connectivity index (χ0n) is 14.8. The van der Waals surface area contributed by atoms with Crippen molar-refractivity contribution in [1.29, 1.82) is 0 Å². The molecule has 140 valence electrons. The van der Waals surface area contributed by atoms with Gasteiger partial charge in [-0.05, 0) is 35.2 Å². The Labute approximate surface area is 158 Å². The summed E-state index contributed by atoms with van der Waals surface area (Å²) < 4.78 is 53.3. The molecule has 0 amide bonds. The predicted molar refractivity (Wildman–Crippen MR) is 105 cm³/mol. The lowest BCUT2D eigenvalue weighted by molar-refractivity contribution is 0.520. The summed E-state index contributed by atoms with van der Waals surface area (Å²) in [5.74, 6) is 0. The molecule has 0 aromatic heterocycles. The Morgan fingerprint density at radius 2 is 1.63 bits per heavy atom. The van der Waals surface area contributed by atoms with Crippen LogP contribution in [0.2, 0.25) is 0 Å². The number of nitrogens with zero attached hydrogens (tertiary/aromatic N) is 2. The molecule has 27 heavy (non-hydrogen) atoms. The molecule has 1 aliphatic heterocycles. The minimum Gasteiger partial charge on any atom is -0.261 e. The first-order valence-electron chi connectivity index (χ1n) is 8.29. The van der Waals surface area contributed by atoms with Crippen LogP contribution in [0, 0.1) is 0 Å². The van der Waals surface area contributed by atoms with Gasteiger partial charge < -0.3 is 0 Å². The minimum atomic E-state index is -3.69. The first-order valence-corrected chi connectivity index (χ1v) is 11.2. The van der Waals surface area contributed by atoms with E-state index in [1.807, 2.05) is 18.2 Å². The van der Waals surface area contributed by atoms with Gasteiger partial charge in [0.2, 0.25) is 10.0 Å². The predicted octanol–water partition coefficient (Wildman–Crippen LogP) is 2.80. The van der Waals surface area contributed by atoms with Crippen LogP contribution in [0.4, 0.5) is 5.69 Å². The van der Waals surface area contributed by atoms with Crippen LogP contribution in [0.15, 0.2) is 70.5 Å². The summed E-state index contributed by atoms with van der Waals surface area (Å²) in [6, 6.07) is 17.1. The Balaban J connectivity index is 1.80. The Morgan fingerprint density at radius 3 is 2.33 bits per heavy atom. The van der Waals surface area contributed by atoms with E-state index in [1.54, 1.807) is 30.3 Å². The van der Waals surface area contributed by atoms with Gasteiger partial charge in [-0.15, -0.1) is 0 Å². The quantitative estimate of drug-likeness (QED) is 0.673. The van der Waals surface area contributed by atoms with Crippen molar-refractivity contribution in [3.63, 3.8) is 0 Å². The molecule has 0 fully saturated rings. The highest BCUT2D eigenvalue weighted by Crippen LogP contribution is 2.42. The maximum Gasteiger partial charge on any atom is 0.265 e. The summed E-state index contributed by atoms with van der Waals surface area (Å²) in [7, 11) is -4.35. The van der Waals surface area contributed by atoms with E-state index in [9.17, 15) is 16.8 Å². The molecular weight excluding hydrogens is 384 g/mol. The van der Waals surface area contributed by atoms with E-state index in [1.165, 1.54) is 30.5 Å². The van der Waals surface area contributed by atoms with Gasteiger partial charge in [0, 0.05) is 19.5 Å². The third-order valence-electron chi connectivity index (χ3n) is 4.68. The molecule has 0 radical (unpaired) electrons. The third-order valence-corrected chi connectivity index (χ3v) is 8.30. The lowest BCUT2D eigenvalue weighted by Gasteiger charge is -2.19. The minimum absolute atomic E-state index is 0.0624. The Morgan fingerprint density at radius 1 is 0.963 bits per heavy atom. The van der Waals surface area contributed by atoms with Crippen molar-refractivity contribution >= 4 is 36.5 Å². The summed E-state index contributed by atoms with van der Waals surface area (Å²) in [6.45, 7) is 0.0624. The van der Waals surface area contributed by atoms with Gasteiger partial charge >= 0.3 is 0 Å². The maximum atomic E-state index is 13.1. The molecule has 3 aromatic rings. The molecule has 1 heterocycles. The van der Waals surface area contributed by atoms with Crippen LogP contribution < -0.4 is 4.31 Å². The molecular formula is C19H18N2O4S2. The average molecular weight is 402 g/mol. The third kappa shape index (κ3) is 2.72. The standard InChI is InChI=1S/C19H18N2O4S2/c1-20(2)26(22,23)16-9-3-6-14(12-16)13-21-17-10-4-7-15-8-5-11-18(19(15)17)27(21,24)25/h3-12H,13H2,1-2H3. The molecule has 0 saturated carbocycles. The van der Waals surface area contributed by atoms with Gasteiger partial charge in [0.15, 0.2) is 0 Å². The van der Waals surface area contributed by atoms with E-state index in [2.05, 4.69) is 0 Å². The van der Waals surface area contributed by atoms with Gasteiger partial charge in [0.1, 0.15) is 0 Å². The maximum absolute atomic E-state index is 13.1. The van der Waals surface area contributed by atoms with Crippen LogP contribution >= 0.6 is 0 Å². The smallest absolute Gasteiger partial charge is 0.261 e. The zero-order valence-corrected chi connectivity index (χ0v) is 16.5. The van der Waals surface area contributed by atoms with Crippen molar-refractivity contribution in [3.05, 3.63) is 66.2 Å². The summed E-state index contributed by atoms with van der Waals surface area (Å²) in [4.78, 5) is 0.421. The van der Waals surface area contributed by atoms with E-state index < -0.39 is 20.0 Å². The van der Waals surface area contributed by atoms with Crippen molar-refractivity contribution in [1.82, 2.24) is 4.31 Å². The second kappa shape index (κ2) is 6.05. The fraction of sp³-hybridized carbons (Fsp3) is 0.158. The second-order valence-electron chi connectivity index (χ2n) is 6.58. The fourth-order valence-corrected chi connectivity index (χ4v) is 5.98. The highest BCUT2D eigenvalue weighted by atomic mass is 32.2. The first kappa shape index (κ1) is 18.0. The molecule has 0 spiro atoms. The van der Waals surface area contributed by atoms with Crippen LogP contribution in [0.5, 0.6) is 0 Å². The van der Waals surface area contributed by atoms with Crippen LogP contribution in [0.1, 0.15) is 5.56 Å². The lowest BCUT2D eigenvalue weighted by Crippen LogP contribution is -2.27. The molecule has 0 atom stereocenters. The molecule has 0 saturated heterocycles. The zero-order chi connectivity index (χ0) is 19.4. The number of benzene rings is 3. The summed E-state index contributed by atoms with van der Waals surface area (Å²) in [5, 5.41) is 1.57. The van der Waals surface area contributed by atoms with Crippen molar-refractivity contribution in [2.45, 2.75) is 16.3 Å². The van der Waals surface area contributed by atoms with Crippen molar-refractivity contribution in [2.75, 3.05) is 18.4 Å². The van der Waals surface area contributed by atoms with Gasteiger partial charge in [-0.25, -0.2) is 21.1 Å². The van der Waals surface area contributed by atoms with E-state index >= 15 is 0 Å². The molecule has 0 bridgehead atoms. The molecule has 3 aromatic carbocycles. The van der Waals surface area contributed by atoms with Gasteiger partial charge in [0.25, 0.3) is 10.0 Å². The Bertz CT molecular complexity index is 1260. The fourth-order valence-electron chi connectivity index (χ4n) is 3.31. The molecule has 1 aliphatic rings. The molecule has 8 heteroatoms. The summed E-state index contributed by atoms with van der Waals surface area (Å²) >= 11 is 0. The number of sulfonamides is 2. The van der Waals surface area contributed by atoms with Crippen molar-refractivity contribution in [3.8, 4) is 0 Å². The number of anilines is 1. The number of hydrogen-bond donors (Lipinski definition) is 0. The summed E-state index contributed by atoms with van der Waals surface area (Å²) in [6.07, 6.45) is 0. The molecule has 0 unspecified atom stereocenters. The number of rotatable bonds is 4. The summed E-state index contributed by atoms with van der Waals surface area (Å²) in [5.41, 5.74) is 1.22. The van der Waals surface area contributed by atoms with Gasteiger partial charge in [-0.2, -0.15) is 0 Å². The Kier molecular flexibility index (Phi) is 4.03. The Hall–Kier alpha value is -2.42. The topological polar surface area (TPSA) is 74.8 Å². The van der Waals surface area contributed by atoms with Gasteiger partial charge in [0.05, 0.1) is 22.0 Å². The van der Waals surface area contributed by atoms with Crippen LogP contribution in [-0.4, -0.2) is 35.2 Å². The molecule has 0 N–H and O–H groups in total. The van der Waals surface area contributed by atoms with Gasteiger partial charge in [-0.1, -0.05) is 36.4 Å². The normalized spacial score (nSPS) is 15.6. The average Bonchev–Trinajstić information content (AvgIpc) is 2.85. The van der Waals surface area contributed by atoms with Crippen LogP contribution in [-0.2, 0) is 26.6 Å². The van der Waals surface area contributed by atoms with Crippen LogP contribution in [0.25, 0.3) is 10.8 Å². The molecule has 4 rings (SSSR count). The highest BCUT2D eigenvalue weighted by molar-refractivity contribution is 7.93. The van der Waals surface area contributed by atoms with E-state index in [0.29, 0.717) is 16.6 Å². The van der Waals surface area contributed by atoms with E-state index in [-0.39, 0.29) is 16.3 Å². The monoisotopic (exact) mass is 402 g/mol. The van der Waals surface area contributed by atoms with E-state index in [0.717, 1.165) is 9.69 Å². The first-order chi connectivity index (χ1) is 12.7. The SMILES string of the molecule is CN(C)S(=O)(=O)c1cccc(CN2c3cccc4cccc(c34)S2(=O)=O)c1. The van der Waals surface area contributed by atoms with E-state index in [4.69, 9.17) is 0 Å².